The lowest BCUT2D eigenvalue weighted by Crippen LogP contribution is -2.25. The van der Waals surface area contributed by atoms with Crippen LogP contribution in [0.25, 0.3) is 0 Å². The Morgan fingerprint density at radius 1 is 1.33 bits per heavy atom. The topological polar surface area (TPSA) is 78.9 Å². The third kappa shape index (κ3) is 3.80. The first-order chi connectivity index (χ1) is 7.11. The summed E-state index contributed by atoms with van der Waals surface area (Å²) in [5, 5.41) is 8.12. The number of anilines is 2. The zero-order valence-electron chi connectivity index (χ0n) is 9.03. The molecule has 0 unspecified atom stereocenters. The van der Waals surface area contributed by atoms with Crippen molar-refractivity contribution in [2.24, 2.45) is 0 Å². The zero-order valence-corrected chi connectivity index (χ0v) is 9.03. The van der Waals surface area contributed by atoms with Crippen molar-refractivity contribution in [2.75, 3.05) is 17.7 Å². The highest BCUT2D eigenvalue weighted by atomic mass is 16.2. The number of nitrogens with one attached hydrogen (secondary N) is 3. The number of nitrogens with zero attached hydrogens (tertiary/aromatic N) is 2. The number of amides is 2. The predicted octanol–water partition coefficient (Wildman–Crippen LogP) is 1.05. The van der Waals surface area contributed by atoms with Gasteiger partial charge in [-0.3, -0.25) is 5.32 Å². The van der Waals surface area contributed by atoms with Crippen molar-refractivity contribution in [3.63, 3.8) is 0 Å². The van der Waals surface area contributed by atoms with E-state index in [1.807, 2.05) is 13.8 Å². The predicted molar refractivity (Wildman–Crippen MR) is 58.9 cm³/mol. The van der Waals surface area contributed by atoms with E-state index in [1.54, 1.807) is 13.1 Å². The van der Waals surface area contributed by atoms with Crippen LogP contribution in [-0.4, -0.2) is 29.1 Å². The molecule has 6 heteroatoms. The number of urea groups is 1. The van der Waals surface area contributed by atoms with Crippen LogP contribution in [0.3, 0.4) is 0 Å². The minimum absolute atomic E-state index is 0.285. The number of carbonyl (C=O) groups is 1. The molecule has 1 aromatic heterocycles. The molecule has 0 spiro atoms. The molecule has 1 heterocycles. The van der Waals surface area contributed by atoms with Crippen LogP contribution in [0.1, 0.15) is 13.8 Å². The van der Waals surface area contributed by atoms with Crippen molar-refractivity contribution >= 4 is 17.7 Å². The van der Waals surface area contributed by atoms with Gasteiger partial charge in [-0.15, -0.1) is 0 Å². The molecule has 0 fully saturated rings. The third-order valence-corrected chi connectivity index (χ3v) is 1.57. The summed E-state index contributed by atoms with van der Waals surface area (Å²) in [7, 11) is 1.55. The highest BCUT2D eigenvalue weighted by Crippen LogP contribution is 2.09. The third-order valence-electron chi connectivity index (χ3n) is 1.57. The van der Waals surface area contributed by atoms with Gasteiger partial charge < -0.3 is 10.6 Å². The Kier molecular flexibility index (Phi) is 3.84. The van der Waals surface area contributed by atoms with Crippen LogP contribution in [0, 0.1) is 0 Å². The number of rotatable bonds is 3. The lowest BCUT2D eigenvalue weighted by molar-refractivity contribution is 0.254. The standard InChI is InChI=1S/C9H15N5O/c1-6(2)13-7-4-8(12-5-11-7)14-9(15)10-3/h4-6H,1-3H3,(H3,10,11,12,13,14,15). The van der Waals surface area contributed by atoms with E-state index in [0.29, 0.717) is 11.6 Å². The maximum absolute atomic E-state index is 11.0. The zero-order chi connectivity index (χ0) is 11.3. The van der Waals surface area contributed by atoms with Gasteiger partial charge in [0.05, 0.1) is 0 Å². The first-order valence-electron chi connectivity index (χ1n) is 4.69. The molecule has 6 nitrogen and oxygen atoms in total. The molecule has 82 valence electrons. The second-order valence-corrected chi connectivity index (χ2v) is 3.29. The second-order valence-electron chi connectivity index (χ2n) is 3.29. The molecule has 15 heavy (non-hydrogen) atoms. The molecule has 0 aliphatic heterocycles. The van der Waals surface area contributed by atoms with Crippen LogP contribution in [0.4, 0.5) is 16.4 Å². The molecule has 0 saturated heterocycles. The molecule has 1 aromatic rings. The summed E-state index contributed by atoms with van der Waals surface area (Å²) in [5.74, 6) is 1.15. The Hall–Kier alpha value is -1.85. The molecule has 0 bridgehead atoms. The summed E-state index contributed by atoms with van der Waals surface area (Å²) in [6, 6.07) is 1.66. The Morgan fingerprint density at radius 2 is 2.00 bits per heavy atom. The summed E-state index contributed by atoms with van der Waals surface area (Å²) in [6.07, 6.45) is 1.40. The summed E-state index contributed by atoms with van der Waals surface area (Å²) >= 11 is 0. The molecule has 0 aliphatic carbocycles. The SMILES string of the molecule is CNC(=O)Nc1cc(NC(C)C)ncn1. The van der Waals surface area contributed by atoms with Gasteiger partial charge in [-0.2, -0.15) is 0 Å². The molecule has 0 radical (unpaired) electrons. The first-order valence-corrected chi connectivity index (χ1v) is 4.69. The molecule has 3 N–H and O–H groups in total. The van der Waals surface area contributed by atoms with E-state index < -0.39 is 0 Å². The van der Waals surface area contributed by atoms with Crippen molar-refractivity contribution in [1.29, 1.82) is 0 Å². The minimum atomic E-state index is -0.302. The quantitative estimate of drug-likeness (QED) is 0.695. The Bertz CT molecular complexity index is 339. The van der Waals surface area contributed by atoms with Gasteiger partial charge in [0, 0.05) is 19.2 Å². The van der Waals surface area contributed by atoms with Crippen LogP contribution < -0.4 is 16.0 Å². The van der Waals surface area contributed by atoms with Gasteiger partial charge in [-0.1, -0.05) is 0 Å². The van der Waals surface area contributed by atoms with Gasteiger partial charge in [0.15, 0.2) is 0 Å². The average Bonchev–Trinajstić information content (AvgIpc) is 2.17. The van der Waals surface area contributed by atoms with E-state index in [9.17, 15) is 4.79 Å². The van der Waals surface area contributed by atoms with Gasteiger partial charge in [0.25, 0.3) is 0 Å². The molecular weight excluding hydrogens is 194 g/mol. The van der Waals surface area contributed by atoms with E-state index in [1.165, 1.54) is 6.33 Å². The molecule has 2 amide bonds. The van der Waals surface area contributed by atoms with Crippen molar-refractivity contribution in [2.45, 2.75) is 19.9 Å². The van der Waals surface area contributed by atoms with E-state index in [4.69, 9.17) is 0 Å². The van der Waals surface area contributed by atoms with Gasteiger partial charge in [-0.25, -0.2) is 14.8 Å². The number of hydrogen-bond donors (Lipinski definition) is 3. The smallest absolute Gasteiger partial charge is 0.320 e. The monoisotopic (exact) mass is 209 g/mol. The highest BCUT2D eigenvalue weighted by molar-refractivity contribution is 5.88. The fourth-order valence-corrected chi connectivity index (χ4v) is 0.979. The van der Waals surface area contributed by atoms with Crippen LogP contribution >= 0.6 is 0 Å². The molecule has 0 aliphatic rings. The van der Waals surface area contributed by atoms with Crippen LogP contribution in [-0.2, 0) is 0 Å². The van der Waals surface area contributed by atoms with Crippen molar-refractivity contribution in [1.82, 2.24) is 15.3 Å². The average molecular weight is 209 g/mol. The molecule has 1 rings (SSSR count). The largest absolute Gasteiger partial charge is 0.368 e. The maximum atomic E-state index is 11.0. The molecule has 0 saturated carbocycles. The fourth-order valence-electron chi connectivity index (χ4n) is 0.979. The summed E-state index contributed by atoms with van der Waals surface area (Å²) in [6.45, 7) is 4.02. The van der Waals surface area contributed by atoms with E-state index in [0.717, 1.165) is 0 Å². The molecule has 0 aromatic carbocycles. The van der Waals surface area contributed by atoms with Gasteiger partial charge in [0.1, 0.15) is 18.0 Å². The van der Waals surface area contributed by atoms with E-state index >= 15 is 0 Å². The Balaban J connectivity index is 2.69. The molecular formula is C9H15N5O. The Morgan fingerprint density at radius 3 is 2.60 bits per heavy atom. The minimum Gasteiger partial charge on any atom is -0.368 e. The van der Waals surface area contributed by atoms with E-state index in [2.05, 4.69) is 25.9 Å². The van der Waals surface area contributed by atoms with Crippen LogP contribution in [0.2, 0.25) is 0 Å². The van der Waals surface area contributed by atoms with Crippen molar-refractivity contribution in [3.05, 3.63) is 12.4 Å². The van der Waals surface area contributed by atoms with Gasteiger partial charge in [-0.05, 0) is 13.8 Å². The number of carbonyl (C=O) groups excluding carboxylic acids is 1. The summed E-state index contributed by atoms with van der Waals surface area (Å²) in [5.41, 5.74) is 0. The summed E-state index contributed by atoms with van der Waals surface area (Å²) in [4.78, 5) is 18.9. The van der Waals surface area contributed by atoms with Crippen molar-refractivity contribution in [3.8, 4) is 0 Å². The van der Waals surface area contributed by atoms with Crippen LogP contribution in [0.15, 0.2) is 12.4 Å². The molecule has 0 atom stereocenters. The van der Waals surface area contributed by atoms with Crippen molar-refractivity contribution < 1.29 is 4.79 Å². The number of aromatic nitrogens is 2. The maximum Gasteiger partial charge on any atom is 0.320 e. The lowest BCUT2D eigenvalue weighted by Gasteiger charge is -2.09. The summed E-state index contributed by atoms with van der Waals surface area (Å²) < 4.78 is 0. The Labute approximate surface area is 88.5 Å². The first kappa shape index (κ1) is 11.2. The second kappa shape index (κ2) is 5.14. The highest BCUT2D eigenvalue weighted by Gasteiger charge is 2.02. The fraction of sp³-hybridized carbons (Fsp3) is 0.444. The van der Waals surface area contributed by atoms with E-state index in [-0.39, 0.29) is 12.1 Å². The van der Waals surface area contributed by atoms with Gasteiger partial charge in [0.2, 0.25) is 0 Å². The number of hydrogen-bond acceptors (Lipinski definition) is 4. The lowest BCUT2D eigenvalue weighted by atomic mass is 10.4. The normalized spacial score (nSPS) is 9.87. The van der Waals surface area contributed by atoms with Crippen LogP contribution in [0.5, 0.6) is 0 Å². The van der Waals surface area contributed by atoms with Gasteiger partial charge >= 0.3 is 6.03 Å².